The number of morpholine rings is 1. The van der Waals surface area contributed by atoms with Gasteiger partial charge in [0.1, 0.15) is 18.7 Å². The Labute approximate surface area is 123 Å². The minimum absolute atomic E-state index is 0.117. The minimum atomic E-state index is -0.503. The number of carbonyl (C=O) groups is 1. The number of rotatable bonds is 5. The van der Waals surface area contributed by atoms with Gasteiger partial charge in [0.15, 0.2) is 0 Å². The molecule has 0 aliphatic carbocycles. The normalized spacial score (nSPS) is 15.7. The molecule has 21 heavy (non-hydrogen) atoms. The van der Waals surface area contributed by atoms with E-state index in [0.29, 0.717) is 12.1 Å². The zero-order chi connectivity index (χ0) is 15.2. The number of benzene rings is 1. The smallest absolute Gasteiger partial charge is 0.285 e. The molecular weight excluding hydrogens is 274 g/mol. The summed E-state index contributed by atoms with van der Waals surface area (Å²) in [6.45, 7) is 6.28. The van der Waals surface area contributed by atoms with E-state index >= 15 is 0 Å². The molecule has 1 saturated heterocycles. The standard InChI is InChI=1S/C14H19N3O4/c1-11-3-2-4-12(13(11)17(19)20)14(18)15-5-6-16-7-9-21-10-8-16/h2-4H,5-10H2,1H3,(H,15,18)/p+1. The Morgan fingerprint density at radius 1 is 1.43 bits per heavy atom. The lowest BCUT2D eigenvalue weighted by atomic mass is 10.1. The molecule has 0 saturated carbocycles. The molecule has 2 N–H and O–H groups in total. The molecule has 0 aromatic heterocycles. The van der Waals surface area contributed by atoms with Gasteiger partial charge in [0.05, 0.1) is 31.2 Å². The van der Waals surface area contributed by atoms with Crippen molar-refractivity contribution in [3.05, 3.63) is 39.4 Å². The molecular formula is C14H20N3O4+. The molecule has 1 aliphatic heterocycles. The molecule has 7 heteroatoms. The highest BCUT2D eigenvalue weighted by atomic mass is 16.6. The SMILES string of the molecule is Cc1cccc(C(=O)NCC[NH+]2CCOCC2)c1[N+](=O)[O-]. The number of quaternary nitrogens is 1. The number of ether oxygens (including phenoxy) is 1. The van der Waals surface area contributed by atoms with Crippen LogP contribution in [-0.4, -0.2) is 50.2 Å². The third-order valence-electron chi connectivity index (χ3n) is 3.63. The fourth-order valence-corrected chi connectivity index (χ4v) is 2.44. The molecule has 2 rings (SSSR count). The molecule has 0 radical (unpaired) electrons. The molecule has 0 atom stereocenters. The van der Waals surface area contributed by atoms with Gasteiger partial charge in [0, 0.05) is 5.56 Å². The van der Waals surface area contributed by atoms with E-state index in [9.17, 15) is 14.9 Å². The van der Waals surface area contributed by atoms with E-state index < -0.39 is 10.8 Å². The average Bonchev–Trinajstić information content (AvgIpc) is 2.47. The minimum Gasteiger partial charge on any atom is -0.370 e. The van der Waals surface area contributed by atoms with Crippen molar-refractivity contribution in [2.75, 3.05) is 39.4 Å². The number of nitro groups is 1. The Morgan fingerprint density at radius 2 is 2.14 bits per heavy atom. The van der Waals surface area contributed by atoms with Crippen molar-refractivity contribution in [2.24, 2.45) is 0 Å². The van der Waals surface area contributed by atoms with Gasteiger partial charge in [-0.25, -0.2) is 0 Å². The lowest BCUT2D eigenvalue weighted by molar-refractivity contribution is -0.906. The quantitative estimate of drug-likeness (QED) is 0.569. The van der Waals surface area contributed by atoms with Crippen molar-refractivity contribution in [2.45, 2.75) is 6.92 Å². The second-order valence-corrected chi connectivity index (χ2v) is 5.10. The van der Waals surface area contributed by atoms with E-state index in [-0.39, 0.29) is 11.3 Å². The van der Waals surface area contributed by atoms with Crippen molar-refractivity contribution in [1.82, 2.24) is 5.32 Å². The number of carbonyl (C=O) groups excluding carboxylic acids is 1. The van der Waals surface area contributed by atoms with Gasteiger partial charge in [0.2, 0.25) is 0 Å². The van der Waals surface area contributed by atoms with E-state index in [1.807, 2.05) is 0 Å². The van der Waals surface area contributed by atoms with Crippen molar-refractivity contribution < 1.29 is 19.4 Å². The van der Waals surface area contributed by atoms with Gasteiger partial charge >= 0.3 is 0 Å². The van der Waals surface area contributed by atoms with Crippen LogP contribution in [0.3, 0.4) is 0 Å². The lowest BCUT2D eigenvalue weighted by Crippen LogP contribution is -3.14. The maximum atomic E-state index is 12.1. The first-order chi connectivity index (χ1) is 10.1. The van der Waals surface area contributed by atoms with Crippen molar-refractivity contribution in [3.63, 3.8) is 0 Å². The summed E-state index contributed by atoms with van der Waals surface area (Å²) in [5.41, 5.74) is 0.497. The third kappa shape index (κ3) is 3.99. The van der Waals surface area contributed by atoms with Crippen LogP contribution in [0, 0.1) is 17.0 Å². The summed E-state index contributed by atoms with van der Waals surface area (Å²) in [7, 11) is 0. The monoisotopic (exact) mass is 294 g/mol. The summed E-state index contributed by atoms with van der Waals surface area (Å²) in [4.78, 5) is 24.1. The number of nitro benzene ring substituents is 1. The first kappa shape index (κ1) is 15.4. The maximum absolute atomic E-state index is 12.1. The summed E-state index contributed by atoms with van der Waals surface area (Å²) in [5, 5.41) is 13.8. The van der Waals surface area contributed by atoms with Gasteiger partial charge in [-0.05, 0) is 13.0 Å². The molecule has 1 aromatic rings. The van der Waals surface area contributed by atoms with Crippen LogP contribution in [0.4, 0.5) is 5.69 Å². The number of amides is 1. The van der Waals surface area contributed by atoms with Crippen LogP contribution >= 0.6 is 0 Å². The fourth-order valence-electron chi connectivity index (χ4n) is 2.44. The molecule has 1 amide bonds. The summed E-state index contributed by atoms with van der Waals surface area (Å²) in [5.74, 6) is -0.391. The van der Waals surface area contributed by atoms with Crippen LogP contribution in [0.15, 0.2) is 18.2 Å². The summed E-state index contributed by atoms with van der Waals surface area (Å²) in [6.07, 6.45) is 0. The second-order valence-electron chi connectivity index (χ2n) is 5.10. The Hall–Kier alpha value is -1.99. The molecule has 1 aromatic carbocycles. The molecule has 114 valence electrons. The van der Waals surface area contributed by atoms with Crippen LogP contribution < -0.4 is 10.2 Å². The average molecular weight is 294 g/mol. The van der Waals surface area contributed by atoms with E-state index in [2.05, 4.69) is 5.32 Å². The molecule has 0 bridgehead atoms. The summed E-state index contributed by atoms with van der Waals surface area (Å²) in [6, 6.07) is 4.78. The number of nitrogens with zero attached hydrogens (tertiary/aromatic N) is 1. The lowest BCUT2D eigenvalue weighted by Gasteiger charge is -2.23. The van der Waals surface area contributed by atoms with Crippen LogP contribution in [0.2, 0.25) is 0 Å². The Bertz CT molecular complexity index is 527. The number of hydrogen-bond donors (Lipinski definition) is 2. The van der Waals surface area contributed by atoms with Crippen molar-refractivity contribution >= 4 is 11.6 Å². The first-order valence-electron chi connectivity index (χ1n) is 7.03. The highest BCUT2D eigenvalue weighted by Crippen LogP contribution is 2.22. The highest BCUT2D eigenvalue weighted by molar-refractivity contribution is 5.98. The van der Waals surface area contributed by atoms with E-state index in [0.717, 1.165) is 32.8 Å². The fraction of sp³-hybridized carbons (Fsp3) is 0.500. The van der Waals surface area contributed by atoms with Gasteiger partial charge in [-0.2, -0.15) is 0 Å². The Kier molecular flexibility index (Phi) is 5.24. The van der Waals surface area contributed by atoms with E-state index in [1.165, 1.54) is 11.0 Å². The van der Waals surface area contributed by atoms with Crippen LogP contribution in [0.25, 0.3) is 0 Å². The maximum Gasteiger partial charge on any atom is 0.285 e. The number of para-hydroxylation sites is 1. The number of hydrogen-bond acceptors (Lipinski definition) is 4. The van der Waals surface area contributed by atoms with Gasteiger partial charge in [-0.1, -0.05) is 12.1 Å². The zero-order valence-corrected chi connectivity index (χ0v) is 12.1. The van der Waals surface area contributed by atoms with Gasteiger partial charge < -0.3 is 15.0 Å². The summed E-state index contributed by atoms with van der Waals surface area (Å²) < 4.78 is 5.27. The van der Waals surface area contributed by atoms with Gasteiger partial charge in [-0.3, -0.25) is 14.9 Å². The molecule has 1 fully saturated rings. The van der Waals surface area contributed by atoms with E-state index in [4.69, 9.17) is 4.74 Å². The van der Waals surface area contributed by atoms with Crippen LogP contribution in [0.1, 0.15) is 15.9 Å². The zero-order valence-electron chi connectivity index (χ0n) is 12.1. The van der Waals surface area contributed by atoms with Crippen molar-refractivity contribution in [3.8, 4) is 0 Å². The van der Waals surface area contributed by atoms with E-state index in [1.54, 1.807) is 19.1 Å². The number of aryl methyl sites for hydroxylation is 1. The topological polar surface area (TPSA) is 85.9 Å². The summed E-state index contributed by atoms with van der Waals surface area (Å²) >= 11 is 0. The molecule has 0 unspecified atom stereocenters. The molecule has 0 spiro atoms. The van der Waals surface area contributed by atoms with Crippen molar-refractivity contribution in [1.29, 1.82) is 0 Å². The van der Waals surface area contributed by atoms with Gasteiger partial charge in [-0.15, -0.1) is 0 Å². The predicted molar refractivity (Wildman–Crippen MR) is 76.5 cm³/mol. The largest absolute Gasteiger partial charge is 0.370 e. The number of nitrogens with one attached hydrogen (secondary N) is 2. The predicted octanol–water partition coefficient (Wildman–Crippen LogP) is -0.452. The third-order valence-corrected chi connectivity index (χ3v) is 3.63. The first-order valence-corrected chi connectivity index (χ1v) is 7.03. The Morgan fingerprint density at radius 3 is 2.81 bits per heavy atom. The Balaban J connectivity index is 1.94. The second kappa shape index (κ2) is 7.14. The van der Waals surface area contributed by atoms with Crippen LogP contribution in [0.5, 0.6) is 0 Å². The molecule has 1 aliphatic rings. The van der Waals surface area contributed by atoms with Crippen LogP contribution in [-0.2, 0) is 4.74 Å². The van der Waals surface area contributed by atoms with Gasteiger partial charge in [0.25, 0.3) is 11.6 Å². The molecule has 1 heterocycles. The molecule has 7 nitrogen and oxygen atoms in total. The highest BCUT2D eigenvalue weighted by Gasteiger charge is 2.22.